The molecule has 1 fully saturated rings. The summed E-state index contributed by atoms with van der Waals surface area (Å²) in [5.41, 5.74) is 0.682. The van der Waals surface area contributed by atoms with Crippen molar-refractivity contribution in [1.29, 1.82) is 0 Å². The molecule has 0 N–H and O–H groups in total. The molecule has 3 heterocycles. The minimum absolute atomic E-state index is 0.0572. The van der Waals surface area contributed by atoms with Gasteiger partial charge in [0.15, 0.2) is 5.65 Å². The van der Waals surface area contributed by atoms with Gasteiger partial charge >= 0.3 is 0 Å². The summed E-state index contributed by atoms with van der Waals surface area (Å²) >= 11 is 5.82. The summed E-state index contributed by atoms with van der Waals surface area (Å²) in [6.07, 6.45) is 5.37. The zero-order chi connectivity index (χ0) is 11.0. The molecule has 0 aliphatic carbocycles. The van der Waals surface area contributed by atoms with Gasteiger partial charge in [-0.2, -0.15) is 0 Å². The molecule has 2 aromatic heterocycles. The van der Waals surface area contributed by atoms with Gasteiger partial charge in [-0.05, 0) is 31.4 Å². The first-order chi connectivity index (χ1) is 7.83. The molecular formula is C11H12ClN3O. The van der Waals surface area contributed by atoms with Gasteiger partial charge in [-0.1, -0.05) is 11.6 Å². The van der Waals surface area contributed by atoms with E-state index in [-0.39, 0.29) is 6.23 Å². The van der Waals surface area contributed by atoms with E-state index in [9.17, 15) is 0 Å². The molecule has 0 saturated carbocycles. The Morgan fingerprint density at radius 2 is 2.31 bits per heavy atom. The van der Waals surface area contributed by atoms with Gasteiger partial charge in [0.05, 0.1) is 0 Å². The highest BCUT2D eigenvalue weighted by Crippen LogP contribution is 2.23. The van der Waals surface area contributed by atoms with Crippen molar-refractivity contribution in [3.8, 4) is 0 Å². The lowest BCUT2D eigenvalue weighted by Crippen LogP contribution is -2.18. The molecule has 16 heavy (non-hydrogen) atoms. The number of hydrogen-bond donors (Lipinski definition) is 0. The van der Waals surface area contributed by atoms with Gasteiger partial charge in [0.2, 0.25) is 0 Å². The van der Waals surface area contributed by atoms with Gasteiger partial charge in [-0.15, -0.1) is 5.10 Å². The minimum atomic E-state index is 0.0572. The molecule has 0 spiro atoms. The van der Waals surface area contributed by atoms with Crippen molar-refractivity contribution < 1.29 is 4.74 Å². The van der Waals surface area contributed by atoms with E-state index in [2.05, 4.69) is 10.1 Å². The Morgan fingerprint density at radius 1 is 1.38 bits per heavy atom. The number of nitrogens with zero attached hydrogens (tertiary/aromatic N) is 3. The lowest BCUT2D eigenvalue weighted by Gasteiger charge is -2.22. The lowest BCUT2D eigenvalue weighted by molar-refractivity contribution is -0.0391. The Hall–Kier alpha value is -1.13. The van der Waals surface area contributed by atoms with Crippen LogP contribution in [0.2, 0.25) is 5.15 Å². The summed E-state index contributed by atoms with van der Waals surface area (Å²) < 4.78 is 7.52. The third kappa shape index (κ3) is 1.79. The fraction of sp³-hybridized carbons (Fsp3) is 0.455. The van der Waals surface area contributed by atoms with Crippen molar-refractivity contribution in [2.45, 2.75) is 25.5 Å². The summed E-state index contributed by atoms with van der Waals surface area (Å²) in [5.74, 6) is 0. The zero-order valence-corrected chi connectivity index (χ0v) is 9.52. The maximum absolute atomic E-state index is 5.82. The predicted molar refractivity (Wildman–Crippen MR) is 61.4 cm³/mol. The maximum Gasteiger partial charge on any atom is 0.182 e. The second kappa shape index (κ2) is 4.03. The molecule has 0 bridgehead atoms. The number of halogens is 1. The van der Waals surface area contributed by atoms with Crippen molar-refractivity contribution in [2.75, 3.05) is 6.61 Å². The molecule has 1 saturated heterocycles. The Kier molecular flexibility index (Phi) is 2.53. The number of hydrogen-bond acceptors (Lipinski definition) is 3. The van der Waals surface area contributed by atoms with Crippen LogP contribution in [0.25, 0.3) is 11.0 Å². The Bertz CT molecular complexity index is 505. The van der Waals surface area contributed by atoms with Gasteiger partial charge in [0.25, 0.3) is 0 Å². The van der Waals surface area contributed by atoms with E-state index in [0.29, 0.717) is 10.8 Å². The fourth-order valence-electron chi connectivity index (χ4n) is 1.98. The zero-order valence-electron chi connectivity index (χ0n) is 8.77. The van der Waals surface area contributed by atoms with Crippen molar-refractivity contribution in [2.24, 2.45) is 0 Å². The molecule has 0 amide bonds. The molecule has 2 aromatic rings. The number of pyridine rings is 1. The van der Waals surface area contributed by atoms with Crippen LogP contribution in [-0.4, -0.2) is 21.4 Å². The molecule has 1 aliphatic rings. The molecular weight excluding hydrogens is 226 g/mol. The fourth-order valence-corrected chi connectivity index (χ4v) is 2.12. The van der Waals surface area contributed by atoms with Gasteiger partial charge in [-0.3, -0.25) is 0 Å². The molecule has 84 valence electrons. The van der Waals surface area contributed by atoms with Crippen LogP contribution < -0.4 is 0 Å². The van der Waals surface area contributed by atoms with E-state index in [0.717, 1.165) is 24.8 Å². The third-order valence-electron chi connectivity index (χ3n) is 2.80. The van der Waals surface area contributed by atoms with Crippen LogP contribution in [0.15, 0.2) is 18.3 Å². The van der Waals surface area contributed by atoms with Crippen LogP contribution in [0.5, 0.6) is 0 Å². The van der Waals surface area contributed by atoms with Gasteiger partial charge in [-0.25, -0.2) is 9.67 Å². The molecule has 3 rings (SSSR count). The smallest absolute Gasteiger partial charge is 0.182 e. The largest absolute Gasteiger partial charge is 0.357 e. The summed E-state index contributed by atoms with van der Waals surface area (Å²) in [4.78, 5) is 4.17. The summed E-state index contributed by atoms with van der Waals surface area (Å²) in [7, 11) is 0. The van der Waals surface area contributed by atoms with Crippen molar-refractivity contribution >= 4 is 22.6 Å². The van der Waals surface area contributed by atoms with Crippen LogP contribution in [0.1, 0.15) is 25.5 Å². The first-order valence-electron chi connectivity index (χ1n) is 5.46. The number of fused-ring (bicyclic) bond motifs is 1. The molecule has 0 aromatic carbocycles. The second-order valence-corrected chi connectivity index (χ2v) is 4.36. The average molecular weight is 238 g/mol. The highest BCUT2D eigenvalue weighted by molar-refractivity contribution is 6.29. The summed E-state index contributed by atoms with van der Waals surface area (Å²) in [5, 5.41) is 5.87. The number of rotatable bonds is 1. The van der Waals surface area contributed by atoms with Crippen LogP contribution in [-0.2, 0) is 4.74 Å². The molecule has 4 nitrogen and oxygen atoms in total. The molecule has 0 radical (unpaired) electrons. The lowest BCUT2D eigenvalue weighted by atomic mass is 10.2. The van der Waals surface area contributed by atoms with E-state index in [1.54, 1.807) is 6.07 Å². The Labute approximate surface area is 98.2 Å². The number of ether oxygens (including phenoxy) is 1. The van der Waals surface area contributed by atoms with Crippen molar-refractivity contribution in [3.05, 3.63) is 23.5 Å². The normalized spacial score (nSPS) is 21.4. The topological polar surface area (TPSA) is 39.9 Å². The van der Waals surface area contributed by atoms with E-state index < -0.39 is 0 Å². The maximum atomic E-state index is 5.82. The Balaban J connectivity index is 1.97. The molecule has 1 aliphatic heterocycles. The second-order valence-electron chi connectivity index (χ2n) is 3.98. The highest BCUT2D eigenvalue weighted by atomic mass is 35.5. The first-order valence-corrected chi connectivity index (χ1v) is 5.84. The van der Waals surface area contributed by atoms with E-state index in [1.807, 2.05) is 16.9 Å². The highest BCUT2D eigenvalue weighted by Gasteiger charge is 2.17. The molecule has 1 unspecified atom stereocenters. The van der Waals surface area contributed by atoms with Crippen LogP contribution in [0, 0.1) is 0 Å². The van der Waals surface area contributed by atoms with Crippen LogP contribution in [0.3, 0.4) is 0 Å². The van der Waals surface area contributed by atoms with E-state index in [4.69, 9.17) is 16.3 Å². The standard InChI is InChI=1S/C11H12ClN3O/c12-9-5-4-8-7-15(14-11(8)13-9)10-3-1-2-6-16-10/h4-5,7,10H,1-3,6H2. The van der Waals surface area contributed by atoms with Crippen LogP contribution in [0.4, 0.5) is 0 Å². The number of aromatic nitrogens is 3. The monoisotopic (exact) mass is 237 g/mol. The predicted octanol–water partition coefficient (Wildman–Crippen LogP) is 2.78. The minimum Gasteiger partial charge on any atom is -0.357 e. The quantitative estimate of drug-likeness (QED) is 0.716. The van der Waals surface area contributed by atoms with Gasteiger partial charge in [0, 0.05) is 18.2 Å². The van der Waals surface area contributed by atoms with Gasteiger partial charge in [0.1, 0.15) is 11.4 Å². The summed E-state index contributed by atoms with van der Waals surface area (Å²) in [6, 6.07) is 3.70. The SMILES string of the molecule is Clc1ccc2cn(C3CCCCO3)nc2n1. The van der Waals surface area contributed by atoms with Gasteiger partial charge < -0.3 is 4.74 Å². The van der Waals surface area contributed by atoms with Crippen LogP contribution >= 0.6 is 11.6 Å². The average Bonchev–Trinajstić information content (AvgIpc) is 2.73. The van der Waals surface area contributed by atoms with Crippen molar-refractivity contribution in [3.63, 3.8) is 0 Å². The molecule has 1 atom stereocenters. The first kappa shape index (κ1) is 10.1. The van der Waals surface area contributed by atoms with E-state index in [1.165, 1.54) is 6.42 Å². The van der Waals surface area contributed by atoms with Crippen molar-refractivity contribution in [1.82, 2.24) is 14.8 Å². The third-order valence-corrected chi connectivity index (χ3v) is 3.01. The molecule has 5 heteroatoms. The van der Waals surface area contributed by atoms with E-state index >= 15 is 0 Å². The summed E-state index contributed by atoms with van der Waals surface area (Å²) in [6.45, 7) is 0.815. The Morgan fingerprint density at radius 3 is 3.12 bits per heavy atom.